The molecule has 2 bridgehead atoms. The zero-order valence-electron chi connectivity index (χ0n) is 16.0. The van der Waals surface area contributed by atoms with E-state index in [1.807, 2.05) is 16.7 Å². The molecule has 0 amide bonds. The zero-order chi connectivity index (χ0) is 18.6. The molecule has 2 aromatic heterocycles. The third kappa shape index (κ3) is 2.68. The molecule has 3 atom stereocenters. The molecule has 0 spiro atoms. The number of aryl methyl sites for hydroxylation is 1. The predicted octanol–water partition coefficient (Wildman–Crippen LogP) is 3.73. The molecule has 0 saturated heterocycles. The molecule has 0 radical (unpaired) electrons. The van der Waals surface area contributed by atoms with Crippen molar-refractivity contribution in [3.8, 4) is 6.07 Å². The molecular weight excluding hydrogens is 324 g/mol. The molecular formula is C21H26N4O. The molecule has 1 saturated carbocycles. The molecule has 3 aliphatic carbocycles. The van der Waals surface area contributed by atoms with Crippen LogP contribution >= 0.6 is 0 Å². The van der Waals surface area contributed by atoms with Crippen LogP contribution in [0, 0.1) is 34.5 Å². The van der Waals surface area contributed by atoms with Crippen LogP contribution in [-0.4, -0.2) is 14.1 Å². The van der Waals surface area contributed by atoms with E-state index in [1.165, 1.54) is 12.0 Å². The second-order valence-corrected chi connectivity index (χ2v) is 9.06. The van der Waals surface area contributed by atoms with Crippen molar-refractivity contribution in [1.82, 2.24) is 14.1 Å². The summed E-state index contributed by atoms with van der Waals surface area (Å²) in [6.45, 7) is 7.05. The molecule has 0 N–H and O–H groups in total. The molecule has 0 aromatic carbocycles. The number of allylic oxidation sites excluding steroid dienone is 2. The van der Waals surface area contributed by atoms with E-state index < -0.39 is 0 Å². The molecule has 2 unspecified atom stereocenters. The van der Waals surface area contributed by atoms with Gasteiger partial charge in [0.1, 0.15) is 0 Å². The van der Waals surface area contributed by atoms with Crippen molar-refractivity contribution in [2.45, 2.75) is 46.6 Å². The normalized spacial score (nSPS) is 25.3. The maximum Gasteiger partial charge on any atom is 0.330 e. The van der Waals surface area contributed by atoms with Gasteiger partial charge in [-0.1, -0.05) is 26.8 Å². The van der Waals surface area contributed by atoms with Gasteiger partial charge in [0, 0.05) is 19.5 Å². The van der Waals surface area contributed by atoms with Crippen LogP contribution in [-0.2, 0) is 13.6 Å². The molecule has 5 nitrogen and oxygen atoms in total. The quantitative estimate of drug-likeness (QED) is 0.829. The molecule has 1 fully saturated rings. The van der Waals surface area contributed by atoms with Crippen molar-refractivity contribution in [2.75, 3.05) is 0 Å². The van der Waals surface area contributed by atoms with E-state index in [1.54, 1.807) is 11.6 Å². The van der Waals surface area contributed by atoms with Crippen LogP contribution in [0.2, 0.25) is 0 Å². The molecule has 0 aliphatic heterocycles. The van der Waals surface area contributed by atoms with Crippen LogP contribution in [0.15, 0.2) is 23.0 Å². The lowest BCUT2D eigenvalue weighted by molar-refractivity contribution is 0.279. The minimum atomic E-state index is -0.0198. The molecule has 3 aliphatic rings. The fraction of sp³-hybridized carbons (Fsp3) is 0.571. The summed E-state index contributed by atoms with van der Waals surface area (Å²) in [7, 11) is 1.79. The number of imidazole rings is 1. The van der Waals surface area contributed by atoms with Crippen molar-refractivity contribution >= 4 is 16.7 Å². The van der Waals surface area contributed by atoms with Crippen LogP contribution in [0.1, 0.15) is 45.7 Å². The Morgan fingerprint density at radius 3 is 2.73 bits per heavy atom. The van der Waals surface area contributed by atoms with Crippen LogP contribution in [0.4, 0.5) is 0 Å². The Kier molecular flexibility index (Phi) is 3.83. The number of pyridine rings is 1. The van der Waals surface area contributed by atoms with Crippen molar-refractivity contribution in [3.05, 3.63) is 34.4 Å². The summed E-state index contributed by atoms with van der Waals surface area (Å²) in [6.07, 6.45) is 5.54. The Hall–Kier alpha value is -2.35. The number of fused-ring (bicyclic) bond motifs is 3. The molecule has 5 heteroatoms. The molecule has 5 rings (SSSR count). The lowest BCUT2D eigenvalue weighted by Crippen LogP contribution is -2.29. The number of nitriles is 1. The average molecular weight is 350 g/mol. The summed E-state index contributed by atoms with van der Waals surface area (Å²) in [4.78, 5) is 17.6. The second-order valence-electron chi connectivity index (χ2n) is 9.06. The highest BCUT2D eigenvalue weighted by molar-refractivity contribution is 5.77. The highest BCUT2D eigenvalue weighted by atomic mass is 16.1. The van der Waals surface area contributed by atoms with Gasteiger partial charge in [-0.15, -0.1) is 0 Å². The van der Waals surface area contributed by atoms with Crippen LogP contribution in [0.25, 0.3) is 16.7 Å². The smallest absolute Gasteiger partial charge is 0.290 e. The number of hydrogen-bond acceptors (Lipinski definition) is 3. The monoisotopic (exact) mass is 350 g/mol. The van der Waals surface area contributed by atoms with Crippen LogP contribution in [0.5, 0.6) is 0 Å². The van der Waals surface area contributed by atoms with E-state index in [2.05, 4.69) is 32.9 Å². The maximum absolute atomic E-state index is 12.7. The molecule has 26 heavy (non-hydrogen) atoms. The molecule has 2 heterocycles. The number of aromatic nitrogens is 3. The third-order valence-corrected chi connectivity index (χ3v) is 5.78. The Balaban J connectivity index is 1.82. The van der Waals surface area contributed by atoms with Crippen molar-refractivity contribution in [2.24, 2.45) is 30.2 Å². The van der Waals surface area contributed by atoms with E-state index in [0.717, 1.165) is 29.7 Å². The standard InChI is InChI=1S/C21H26N4O/c1-21(2,3)12-25-18-8-7-17(23-19(18)24(4)20(25)26)16-10-13-5-6-15(16)14(9-13)11-22/h7-8,10,13-15H,5-6,9,12H2,1-4H3/t13?,14-,15?/m0/s1. The van der Waals surface area contributed by atoms with Gasteiger partial charge in [-0.05, 0) is 48.3 Å². The van der Waals surface area contributed by atoms with Gasteiger partial charge >= 0.3 is 5.69 Å². The first-order chi connectivity index (χ1) is 12.3. The highest BCUT2D eigenvalue weighted by Gasteiger charge is 2.38. The Morgan fingerprint density at radius 1 is 1.31 bits per heavy atom. The largest absolute Gasteiger partial charge is 0.330 e. The average Bonchev–Trinajstić information content (AvgIpc) is 2.85. The minimum Gasteiger partial charge on any atom is -0.290 e. The van der Waals surface area contributed by atoms with Gasteiger partial charge in [0.2, 0.25) is 0 Å². The van der Waals surface area contributed by atoms with Crippen LogP contribution < -0.4 is 5.69 Å². The lowest BCUT2D eigenvalue weighted by atomic mass is 9.65. The van der Waals surface area contributed by atoms with E-state index in [0.29, 0.717) is 12.5 Å². The van der Waals surface area contributed by atoms with Crippen molar-refractivity contribution in [3.63, 3.8) is 0 Å². The summed E-state index contributed by atoms with van der Waals surface area (Å²) in [5.41, 5.74) is 3.74. The van der Waals surface area contributed by atoms with Gasteiger partial charge in [-0.2, -0.15) is 5.26 Å². The van der Waals surface area contributed by atoms with Crippen LogP contribution in [0.3, 0.4) is 0 Å². The molecule has 136 valence electrons. The van der Waals surface area contributed by atoms with Crippen molar-refractivity contribution in [1.29, 1.82) is 5.26 Å². The summed E-state index contributed by atoms with van der Waals surface area (Å²) < 4.78 is 3.47. The van der Waals surface area contributed by atoms with Crippen molar-refractivity contribution < 1.29 is 0 Å². The summed E-state index contributed by atoms with van der Waals surface area (Å²) >= 11 is 0. The zero-order valence-corrected chi connectivity index (χ0v) is 16.0. The Bertz CT molecular complexity index is 996. The maximum atomic E-state index is 12.7. The third-order valence-electron chi connectivity index (χ3n) is 5.78. The Labute approximate surface area is 154 Å². The second kappa shape index (κ2) is 5.84. The lowest BCUT2D eigenvalue weighted by Gasteiger charge is -2.38. The fourth-order valence-electron chi connectivity index (χ4n) is 4.58. The Morgan fingerprint density at radius 2 is 2.08 bits per heavy atom. The summed E-state index contributed by atoms with van der Waals surface area (Å²) in [6, 6.07) is 6.55. The first-order valence-electron chi connectivity index (χ1n) is 9.46. The van der Waals surface area contributed by atoms with Gasteiger partial charge in [-0.3, -0.25) is 9.13 Å². The first-order valence-corrected chi connectivity index (χ1v) is 9.46. The van der Waals surface area contributed by atoms with E-state index in [4.69, 9.17) is 4.98 Å². The van der Waals surface area contributed by atoms with Gasteiger partial charge in [0.15, 0.2) is 5.65 Å². The van der Waals surface area contributed by atoms with Gasteiger partial charge in [-0.25, -0.2) is 9.78 Å². The summed E-state index contributed by atoms with van der Waals surface area (Å²) in [5, 5.41) is 9.50. The van der Waals surface area contributed by atoms with Gasteiger partial charge < -0.3 is 0 Å². The topological polar surface area (TPSA) is 63.6 Å². The fourth-order valence-corrected chi connectivity index (χ4v) is 4.58. The van der Waals surface area contributed by atoms with E-state index in [-0.39, 0.29) is 22.9 Å². The summed E-state index contributed by atoms with van der Waals surface area (Å²) in [5.74, 6) is 0.871. The number of rotatable bonds is 2. The highest BCUT2D eigenvalue weighted by Crippen LogP contribution is 2.47. The number of nitrogens with zero attached hydrogens (tertiary/aromatic N) is 4. The van der Waals surface area contributed by atoms with Gasteiger partial charge in [0.05, 0.1) is 23.2 Å². The van der Waals surface area contributed by atoms with E-state index in [9.17, 15) is 10.1 Å². The number of hydrogen-bond donors (Lipinski definition) is 0. The van der Waals surface area contributed by atoms with Gasteiger partial charge in [0.25, 0.3) is 0 Å². The SMILES string of the molecule is Cn1c(=O)n(CC(C)(C)C)c2ccc(C3=CC4CCC3[C@H](C#N)C4)nc21. The van der Waals surface area contributed by atoms with E-state index >= 15 is 0 Å². The predicted molar refractivity (Wildman–Crippen MR) is 102 cm³/mol. The minimum absolute atomic E-state index is 0.0157. The molecule has 2 aromatic rings. The first kappa shape index (κ1) is 17.1.